The summed E-state index contributed by atoms with van der Waals surface area (Å²) in [5.41, 5.74) is 8.78. The molecular formula is C16H16ClN3O. The van der Waals surface area contributed by atoms with E-state index in [9.17, 15) is 4.79 Å². The standard InChI is InChI=1S/C16H16ClN3O/c1-10-6-7-11-4-2-3-5-14(11)20(10)16(21)12-8-15(17)19-9-13(12)18/h2-5,8-10H,6-7,18H2,1H3. The zero-order chi connectivity index (χ0) is 15.0. The van der Waals surface area contributed by atoms with Crippen molar-refractivity contribution in [2.24, 2.45) is 0 Å². The molecule has 2 N–H and O–H groups in total. The van der Waals surface area contributed by atoms with Crippen molar-refractivity contribution in [3.05, 3.63) is 52.8 Å². The van der Waals surface area contributed by atoms with Crippen LogP contribution in [-0.2, 0) is 6.42 Å². The Hall–Kier alpha value is -2.07. The number of benzene rings is 1. The highest BCUT2D eigenvalue weighted by Crippen LogP contribution is 2.32. The van der Waals surface area contributed by atoms with Crippen molar-refractivity contribution in [3.8, 4) is 0 Å². The molecule has 1 amide bonds. The Morgan fingerprint density at radius 2 is 2.19 bits per heavy atom. The van der Waals surface area contributed by atoms with Crippen molar-refractivity contribution in [3.63, 3.8) is 0 Å². The second-order valence-electron chi connectivity index (χ2n) is 5.29. The number of carbonyl (C=O) groups excluding carboxylic acids is 1. The van der Waals surface area contributed by atoms with Crippen LogP contribution in [0, 0.1) is 0 Å². The molecule has 0 fully saturated rings. The van der Waals surface area contributed by atoms with E-state index in [2.05, 4.69) is 11.1 Å². The number of nitrogens with two attached hydrogens (primary N) is 1. The number of hydrogen-bond donors (Lipinski definition) is 1. The van der Waals surface area contributed by atoms with Crippen LogP contribution in [0.3, 0.4) is 0 Å². The molecule has 0 saturated carbocycles. The molecule has 1 aliphatic heterocycles. The van der Waals surface area contributed by atoms with Crippen LogP contribution >= 0.6 is 11.6 Å². The Balaban J connectivity index is 2.07. The van der Waals surface area contributed by atoms with Crippen LogP contribution in [0.25, 0.3) is 0 Å². The van der Waals surface area contributed by atoms with Crippen LogP contribution in [0.15, 0.2) is 36.5 Å². The van der Waals surface area contributed by atoms with Gasteiger partial charge in [0.1, 0.15) is 5.15 Å². The van der Waals surface area contributed by atoms with Gasteiger partial charge < -0.3 is 10.6 Å². The number of anilines is 2. The van der Waals surface area contributed by atoms with Gasteiger partial charge in [0.2, 0.25) is 0 Å². The summed E-state index contributed by atoms with van der Waals surface area (Å²) in [5.74, 6) is -0.128. The number of pyridine rings is 1. The molecule has 4 nitrogen and oxygen atoms in total. The molecular weight excluding hydrogens is 286 g/mol. The number of aryl methyl sites for hydroxylation is 1. The first kappa shape index (κ1) is 13.9. The molecule has 1 aromatic carbocycles. The van der Waals surface area contributed by atoms with Crippen LogP contribution < -0.4 is 10.6 Å². The fraction of sp³-hybridized carbons (Fsp3) is 0.250. The van der Waals surface area contributed by atoms with Gasteiger partial charge in [-0.3, -0.25) is 4.79 Å². The van der Waals surface area contributed by atoms with Gasteiger partial charge in [-0.15, -0.1) is 0 Å². The summed E-state index contributed by atoms with van der Waals surface area (Å²) >= 11 is 5.90. The average molecular weight is 302 g/mol. The number of amides is 1. The summed E-state index contributed by atoms with van der Waals surface area (Å²) in [6.45, 7) is 2.05. The van der Waals surface area contributed by atoms with E-state index < -0.39 is 0 Å². The second-order valence-corrected chi connectivity index (χ2v) is 5.67. The number of carbonyl (C=O) groups is 1. The molecule has 0 saturated heterocycles. The molecule has 1 aliphatic rings. The number of para-hydroxylation sites is 1. The number of nitrogen functional groups attached to an aromatic ring is 1. The summed E-state index contributed by atoms with van der Waals surface area (Å²) < 4.78 is 0. The van der Waals surface area contributed by atoms with E-state index in [0.717, 1.165) is 18.5 Å². The lowest BCUT2D eigenvalue weighted by Crippen LogP contribution is -2.42. The number of fused-ring (bicyclic) bond motifs is 1. The predicted octanol–water partition coefficient (Wildman–Crippen LogP) is 3.30. The van der Waals surface area contributed by atoms with E-state index in [-0.39, 0.29) is 17.1 Å². The molecule has 1 aromatic heterocycles. The first-order valence-electron chi connectivity index (χ1n) is 6.90. The zero-order valence-corrected chi connectivity index (χ0v) is 12.5. The van der Waals surface area contributed by atoms with Gasteiger partial charge >= 0.3 is 0 Å². The molecule has 3 rings (SSSR count). The fourth-order valence-corrected chi connectivity index (χ4v) is 2.91. The minimum absolute atomic E-state index is 0.124. The minimum Gasteiger partial charge on any atom is -0.397 e. The summed E-state index contributed by atoms with van der Waals surface area (Å²) in [5, 5.41) is 0.269. The van der Waals surface area contributed by atoms with E-state index in [1.54, 1.807) is 4.90 Å². The highest BCUT2D eigenvalue weighted by Gasteiger charge is 2.29. The molecule has 5 heteroatoms. The quantitative estimate of drug-likeness (QED) is 0.822. The van der Waals surface area contributed by atoms with Crippen molar-refractivity contribution in [1.29, 1.82) is 0 Å². The van der Waals surface area contributed by atoms with Crippen LogP contribution in [0.4, 0.5) is 11.4 Å². The monoisotopic (exact) mass is 301 g/mol. The van der Waals surface area contributed by atoms with E-state index in [0.29, 0.717) is 11.3 Å². The van der Waals surface area contributed by atoms with Crippen LogP contribution in [-0.4, -0.2) is 16.9 Å². The van der Waals surface area contributed by atoms with Gasteiger partial charge in [-0.1, -0.05) is 29.8 Å². The smallest absolute Gasteiger partial charge is 0.260 e. The van der Waals surface area contributed by atoms with Crippen molar-refractivity contribution >= 4 is 28.9 Å². The molecule has 2 heterocycles. The van der Waals surface area contributed by atoms with E-state index >= 15 is 0 Å². The van der Waals surface area contributed by atoms with E-state index in [1.807, 2.05) is 25.1 Å². The van der Waals surface area contributed by atoms with E-state index in [4.69, 9.17) is 17.3 Å². The maximum Gasteiger partial charge on any atom is 0.260 e. The summed E-state index contributed by atoms with van der Waals surface area (Å²) in [7, 11) is 0. The molecule has 0 aliphatic carbocycles. The topological polar surface area (TPSA) is 59.2 Å². The normalized spacial score (nSPS) is 17.4. The van der Waals surface area contributed by atoms with Gasteiger partial charge in [-0.05, 0) is 37.5 Å². The van der Waals surface area contributed by atoms with Gasteiger partial charge in [0.25, 0.3) is 5.91 Å². The largest absolute Gasteiger partial charge is 0.397 e. The van der Waals surface area contributed by atoms with Crippen LogP contribution in [0.5, 0.6) is 0 Å². The lowest BCUT2D eigenvalue weighted by atomic mass is 9.95. The molecule has 0 spiro atoms. The van der Waals surface area contributed by atoms with Crippen molar-refractivity contribution in [2.75, 3.05) is 10.6 Å². The van der Waals surface area contributed by atoms with Crippen molar-refractivity contribution < 1.29 is 4.79 Å². The van der Waals surface area contributed by atoms with Crippen molar-refractivity contribution in [2.45, 2.75) is 25.8 Å². The number of halogens is 1. The third kappa shape index (κ3) is 2.47. The highest BCUT2D eigenvalue weighted by atomic mass is 35.5. The van der Waals surface area contributed by atoms with Gasteiger partial charge in [0.15, 0.2) is 0 Å². The van der Waals surface area contributed by atoms with Crippen molar-refractivity contribution in [1.82, 2.24) is 4.98 Å². The maximum atomic E-state index is 12.9. The fourth-order valence-electron chi connectivity index (χ4n) is 2.75. The lowest BCUT2D eigenvalue weighted by molar-refractivity contribution is 0.0976. The molecule has 1 unspecified atom stereocenters. The third-order valence-electron chi connectivity index (χ3n) is 3.87. The zero-order valence-electron chi connectivity index (χ0n) is 11.7. The molecule has 1 atom stereocenters. The van der Waals surface area contributed by atoms with Gasteiger partial charge in [0.05, 0.1) is 17.4 Å². The summed E-state index contributed by atoms with van der Waals surface area (Å²) in [6.07, 6.45) is 3.34. The number of aromatic nitrogens is 1. The second kappa shape index (κ2) is 5.37. The average Bonchev–Trinajstić information content (AvgIpc) is 2.49. The molecule has 2 aromatic rings. The molecule has 108 valence electrons. The number of nitrogens with zero attached hydrogens (tertiary/aromatic N) is 2. The number of hydrogen-bond acceptors (Lipinski definition) is 3. The Bertz CT molecular complexity index is 702. The van der Waals surface area contributed by atoms with Crippen LogP contribution in [0.1, 0.15) is 29.3 Å². The summed E-state index contributed by atoms with van der Waals surface area (Å²) in [4.78, 5) is 18.6. The first-order valence-corrected chi connectivity index (χ1v) is 7.28. The van der Waals surface area contributed by atoms with E-state index in [1.165, 1.54) is 17.8 Å². The first-order chi connectivity index (χ1) is 10.1. The maximum absolute atomic E-state index is 12.9. The van der Waals surface area contributed by atoms with Gasteiger partial charge in [-0.2, -0.15) is 0 Å². The minimum atomic E-state index is -0.128. The lowest BCUT2D eigenvalue weighted by Gasteiger charge is -2.35. The Labute approximate surface area is 128 Å². The number of rotatable bonds is 1. The summed E-state index contributed by atoms with van der Waals surface area (Å²) in [6, 6.07) is 9.63. The highest BCUT2D eigenvalue weighted by molar-refractivity contribution is 6.30. The molecule has 21 heavy (non-hydrogen) atoms. The van der Waals surface area contributed by atoms with Gasteiger partial charge in [-0.25, -0.2) is 4.98 Å². The molecule has 0 radical (unpaired) electrons. The van der Waals surface area contributed by atoms with Crippen LogP contribution in [0.2, 0.25) is 5.15 Å². The Morgan fingerprint density at radius 1 is 1.43 bits per heavy atom. The Morgan fingerprint density at radius 3 is 3.00 bits per heavy atom. The van der Waals surface area contributed by atoms with Gasteiger partial charge in [0, 0.05) is 11.7 Å². The molecule has 0 bridgehead atoms. The predicted molar refractivity (Wildman–Crippen MR) is 84.7 cm³/mol. The Kier molecular flexibility index (Phi) is 3.55. The third-order valence-corrected chi connectivity index (χ3v) is 4.08. The SMILES string of the molecule is CC1CCc2ccccc2N1C(=O)c1cc(Cl)ncc1N.